The number of hydrogen-bond acceptors (Lipinski definition) is 3. The number of nitrogens with zero attached hydrogens (tertiary/aromatic N) is 1. The summed E-state index contributed by atoms with van der Waals surface area (Å²) in [7, 11) is 1.53. The van der Waals surface area contributed by atoms with Gasteiger partial charge in [0.25, 0.3) is 0 Å². The second-order valence-electron chi connectivity index (χ2n) is 6.83. The number of rotatable bonds is 5. The minimum absolute atomic E-state index is 0.505. The summed E-state index contributed by atoms with van der Waals surface area (Å²) in [4.78, 5) is 23.8. The SMILES string of the molecule is COc1cc(/C=C/c2ccc(N(C(=O)O)C(C)(C)C)cc2)ccc1C=O. The molecule has 0 saturated heterocycles. The van der Waals surface area contributed by atoms with Crippen LogP contribution in [0.3, 0.4) is 0 Å². The third kappa shape index (κ3) is 4.51. The van der Waals surface area contributed by atoms with Gasteiger partial charge in [0.2, 0.25) is 0 Å². The van der Waals surface area contributed by atoms with Crippen LogP contribution in [0.5, 0.6) is 5.75 Å². The molecule has 0 aliphatic carbocycles. The lowest BCUT2D eigenvalue weighted by Crippen LogP contribution is -2.45. The van der Waals surface area contributed by atoms with Crippen molar-refractivity contribution < 1.29 is 19.4 Å². The van der Waals surface area contributed by atoms with Gasteiger partial charge in [0.05, 0.1) is 12.7 Å². The molecule has 5 nitrogen and oxygen atoms in total. The minimum Gasteiger partial charge on any atom is -0.496 e. The molecule has 0 aliphatic heterocycles. The number of carbonyl (C=O) groups excluding carboxylic acids is 1. The van der Waals surface area contributed by atoms with Crippen molar-refractivity contribution >= 4 is 30.2 Å². The number of methoxy groups -OCH3 is 1. The molecule has 1 N–H and O–H groups in total. The third-order valence-electron chi connectivity index (χ3n) is 3.87. The summed E-state index contributed by atoms with van der Waals surface area (Å²) in [5, 5.41) is 9.45. The predicted octanol–water partition coefficient (Wildman–Crippen LogP) is 4.96. The van der Waals surface area contributed by atoms with E-state index in [1.165, 1.54) is 12.0 Å². The van der Waals surface area contributed by atoms with Crippen molar-refractivity contribution in [1.82, 2.24) is 0 Å². The third-order valence-corrected chi connectivity index (χ3v) is 3.87. The molecule has 0 spiro atoms. The van der Waals surface area contributed by atoms with Gasteiger partial charge in [-0.05, 0) is 56.2 Å². The first-order valence-electron chi connectivity index (χ1n) is 8.21. The van der Waals surface area contributed by atoms with Gasteiger partial charge in [0, 0.05) is 11.2 Å². The van der Waals surface area contributed by atoms with Crippen molar-refractivity contribution in [3.8, 4) is 5.75 Å². The number of amides is 1. The van der Waals surface area contributed by atoms with Gasteiger partial charge in [-0.2, -0.15) is 0 Å². The maximum atomic E-state index is 11.5. The van der Waals surface area contributed by atoms with Crippen LogP contribution in [0.15, 0.2) is 42.5 Å². The lowest BCUT2D eigenvalue weighted by Gasteiger charge is -2.33. The second kappa shape index (κ2) is 7.87. The summed E-state index contributed by atoms with van der Waals surface area (Å²) in [6.45, 7) is 5.56. The summed E-state index contributed by atoms with van der Waals surface area (Å²) < 4.78 is 5.20. The Morgan fingerprint density at radius 3 is 2.12 bits per heavy atom. The van der Waals surface area contributed by atoms with Crippen LogP contribution in [0.4, 0.5) is 10.5 Å². The van der Waals surface area contributed by atoms with Gasteiger partial charge in [-0.1, -0.05) is 30.4 Å². The van der Waals surface area contributed by atoms with Gasteiger partial charge in [-0.25, -0.2) is 4.79 Å². The Kier molecular flexibility index (Phi) is 5.82. The number of carboxylic acid groups (broad SMARTS) is 1. The molecular formula is C21H23NO4. The topological polar surface area (TPSA) is 66.8 Å². The van der Waals surface area contributed by atoms with Crippen LogP contribution < -0.4 is 9.64 Å². The normalized spacial score (nSPS) is 11.4. The van der Waals surface area contributed by atoms with Gasteiger partial charge in [-0.3, -0.25) is 9.69 Å². The quantitative estimate of drug-likeness (QED) is 0.609. The zero-order valence-corrected chi connectivity index (χ0v) is 15.4. The van der Waals surface area contributed by atoms with Crippen LogP contribution in [-0.4, -0.2) is 30.1 Å². The minimum atomic E-state index is -0.983. The first-order valence-corrected chi connectivity index (χ1v) is 8.21. The van der Waals surface area contributed by atoms with E-state index in [4.69, 9.17) is 4.74 Å². The van der Waals surface area contributed by atoms with Gasteiger partial charge < -0.3 is 9.84 Å². The molecule has 2 rings (SSSR count). The molecule has 0 saturated carbocycles. The Balaban J connectivity index is 2.22. The molecule has 2 aromatic rings. The molecule has 0 heterocycles. The monoisotopic (exact) mass is 353 g/mol. The van der Waals surface area contributed by atoms with Gasteiger partial charge in [-0.15, -0.1) is 0 Å². The molecule has 0 radical (unpaired) electrons. The van der Waals surface area contributed by atoms with Crippen LogP contribution in [0.25, 0.3) is 12.2 Å². The van der Waals surface area contributed by atoms with Crippen LogP contribution >= 0.6 is 0 Å². The molecule has 0 aromatic heterocycles. The standard InChI is InChI=1S/C21H23NO4/c1-21(2,3)22(20(24)25)18-11-8-15(9-12-18)5-6-16-7-10-17(14-23)19(13-16)26-4/h5-14H,1-4H3,(H,24,25)/b6-5+. The molecule has 0 bridgehead atoms. The first-order chi connectivity index (χ1) is 12.3. The van der Waals surface area contributed by atoms with E-state index in [1.807, 2.05) is 51.1 Å². The zero-order chi connectivity index (χ0) is 19.3. The maximum Gasteiger partial charge on any atom is 0.412 e. The predicted molar refractivity (Wildman–Crippen MR) is 104 cm³/mol. The number of carbonyl (C=O) groups is 2. The first kappa shape index (κ1) is 19.2. The highest BCUT2D eigenvalue weighted by Gasteiger charge is 2.27. The Hall–Kier alpha value is -3.08. The fourth-order valence-corrected chi connectivity index (χ4v) is 2.64. The smallest absolute Gasteiger partial charge is 0.412 e. The molecule has 5 heteroatoms. The lowest BCUT2D eigenvalue weighted by molar-refractivity contribution is 0.112. The van der Waals surface area contributed by atoms with Crippen molar-refractivity contribution in [3.63, 3.8) is 0 Å². The van der Waals surface area contributed by atoms with Crippen molar-refractivity contribution in [3.05, 3.63) is 59.2 Å². The average Bonchev–Trinajstić information content (AvgIpc) is 2.59. The van der Waals surface area contributed by atoms with E-state index in [0.717, 1.165) is 17.4 Å². The van der Waals surface area contributed by atoms with E-state index >= 15 is 0 Å². The number of aldehydes is 1. The number of anilines is 1. The highest BCUT2D eigenvalue weighted by Crippen LogP contribution is 2.25. The van der Waals surface area contributed by atoms with Crippen molar-refractivity contribution in [1.29, 1.82) is 0 Å². The lowest BCUT2D eigenvalue weighted by atomic mass is 10.0. The van der Waals surface area contributed by atoms with Crippen molar-refractivity contribution in [2.24, 2.45) is 0 Å². The van der Waals surface area contributed by atoms with E-state index in [2.05, 4.69) is 0 Å². The van der Waals surface area contributed by atoms with E-state index in [1.54, 1.807) is 24.3 Å². The van der Waals surface area contributed by atoms with E-state index in [-0.39, 0.29) is 0 Å². The maximum absolute atomic E-state index is 11.5. The summed E-state index contributed by atoms with van der Waals surface area (Å²) in [6, 6.07) is 12.6. The summed E-state index contributed by atoms with van der Waals surface area (Å²) >= 11 is 0. The molecule has 0 atom stereocenters. The fourth-order valence-electron chi connectivity index (χ4n) is 2.64. The Labute approximate surface area is 153 Å². The van der Waals surface area contributed by atoms with Crippen LogP contribution in [-0.2, 0) is 0 Å². The zero-order valence-electron chi connectivity index (χ0n) is 15.4. The Morgan fingerprint density at radius 2 is 1.62 bits per heavy atom. The average molecular weight is 353 g/mol. The number of hydrogen-bond donors (Lipinski definition) is 1. The molecule has 0 fully saturated rings. The van der Waals surface area contributed by atoms with E-state index < -0.39 is 11.6 Å². The molecule has 136 valence electrons. The van der Waals surface area contributed by atoms with E-state index in [0.29, 0.717) is 17.0 Å². The van der Waals surface area contributed by atoms with Crippen molar-refractivity contribution in [2.45, 2.75) is 26.3 Å². The summed E-state index contributed by atoms with van der Waals surface area (Å²) in [6.07, 6.45) is 3.60. The van der Waals surface area contributed by atoms with Gasteiger partial charge in [0.15, 0.2) is 6.29 Å². The molecule has 2 aromatic carbocycles. The van der Waals surface area contributed by atoms with Gasteiger partial charge in [0.1, 0.15) is 5.75 Å². The van der Waals surface area contributed by atoms with Crippen LogP contribution in [0, 0.1) is 0 Å². The highest BCUT2D eigenvalue weighted by atomic mass is 16.5. The molecular weight excluding hydrogens is 330 g/mol. The molecule has 0 unspecified atom stereocenters. The largest absolute Gasteiger partial charge is 0.496 e. The Bertz CT molecular complexity index is 817. The second-order valence-corrected chi connectivity index (χ2v) is 6.83. The van der Waals surface area contributed by atoms with Crippen LogP contribution in [0.1, 0.15) is 42.3 Å². The molecule has 26 heavy (non-hydrogen) atoms. The van der Waals surface area contributed by atoms with Crippen LogP contribution in [0.2, 0.25) is 0 Å². The summed E-state index contributed by atoms with van der Waals surface area (Å²) in [5.74, 6) is 0.528. The van der Waals surface area contributed by atoms with E-state index in [9.17, 15) is 14.7 Å². The van der Waals surface area contributed by atoms with Gasteiger partial charge >= 0.3 is 6.09 Å². The summed E-state index contributed by atoms with van der Waals surface area (Å²) in [5.41, 5.74) is 2.44. The molecule has 1 amide bonds. The van der Waals surface area contributed by atoms with Crippen molar-refractivity contribution in [2.75, 3.05) is 12.0 Å². The molecule has 0 aliphatic rings. The highest BCUT2D eigenvalue weighted by molar-refractivity contribution is 5.88. The number of benzene rings is 2. The fraction of sp³-hybridized carbons (Fsp3) is 0.238. The Morgan fingerprint density at radius 1 is 1.04 bits per heavy atom. The number of ether oxygens (including phenoxy) is 1.